The summed E-state index contributed by atoms with van der Waals surface area (Å²) in [7, 11) is 0. The van der Waals surface area contributed by atoms with E-state index in [-0.39, 0.29) is 24.3 Å². The van der Waals surface area contributed by atoms with Gasteiger partial charge in [0.15, 0.2) is 18.2 Å². The van der Waals surface area contributed by atoms with Crippen LogP contribution in [0, 0.1) is 5.82 Å². The Morgan fingerprint density at radius 3 is 2.67 bits per heavy atom. The van der Waals surface area contributed by atoms with Crippen molar-refractivity contribution in [3.05, 3.63) is 64.4 Å². The molecule has 0 aliphatic heterocycles. The van der Waals surface area contributed by atoms with Crippen LogP contribution in [0.15, 0.2) is 53.0 Å². The van der Waals surface area contributed by atoms with Crippen molar-refractivity contribution in [1.29, 1.82) is 0 Å². The lowest BCUT2D eigenvalue weighted by Crippen LogP contribution is -2.31. The fourth-order valence-corrected chi connectivity index (χ4v) is 2.18. The van der Waals surface area contributed by atoms with Crippen molar-refractivity contribution in [2.75, 3.05) is 6.61 Å². The van der Waals surface area contributed by atoms with Crippen molar-refractivity contribution in [2.24, 2.45) is 0 Å². The first-order chi connectivity index (χ1) is 10.1. The Bertz CT molecular complexity index is 619. The van der Waals surface area contributed by atoms with Crippen LogP contribution >= 0.6 is 15.9 Å². The van der Waals surface area contributed by atoms with Gasteiger partial charge in [0, 0.05) is 4.47 Å². The predicted molar refractivity (Wildman–Crippen MR) is 82.6 cm³/mol. The minimum absolute atomic E-state index is 0.0562. The van der Waals surface area contributed by atoms with E-state index in [4.69, 9.17) is 4.74 Å². The molecule has 1 amide bonds. The van der Waals surface area contributed by atoms with Gasteiger partial charge in [0.1, 0.15) is 0 Å². The lowest BCUT2D eigenvalue weighted by molar-refractivity contribution is -0.123. The minimum Gasteiger partial charge on any atom is -0.481 e. The Morgan fingerprint density at radius 2 is 2.00 bits per heavy atom. The molecule has 5 heteroatoms. The average Bonchev–Trinajstić information content (AvgIpc) is 2.47. The molecule has 110 valence electrons. The van der Waals surface area contributed by atoms with E-state index in [0.717, 1.165) is 5.56 Å². The van der Waals surface area contributed by atoms with Crippen LogP contribution in [-0.4, -0.2) is 12.5 Å². The fourth-order valence-electron chi connectivity index (χ4n) is 1.84. The SMILES string of the molecule is CC(NC(=O)COc1ccc(Br)cc1F)c1ccccc1. The molecule has 1 atom stereocenters. The summed E-state index contributed by atoms with van der Waals surface area (Å²) < 4.78 is 19.3. The molecule has 0 aromatic heterocycles. The van der Waals surface area contributed by atoms with Crippen molar-refractivity contribution >= 4 is 21.8 Å². The van der Waals surface area contributed by atoms with Crippen LogP contribution in [0.5, 0.6) is 5.75 Å². The molecular weight excluding hydrogens is 337 g/mol. The van der Waals surface area contributed by atoms with Gasteiger partial charge < -0.3 is 10.1 Å². The summed E-state index contributed by atoms with van der Waals surface area (Å²) in [5.41, 5.74) is 1.00. The van der Waals surface area contributed by atoms with Gasteiger partial charge in [-0.25, -0.2) is 4.39 Å². The number of ether oxygens (including phenoxy) is 1. The van der Waals surface area contributed by atoms with Crippen LogP contribution in [0.4, 0.5) is 4.39 Å². The summed E-state index contributed by atoms with van der Waals surface area (Å²) in [6, 6.07) is 13.9. The second kappa shape index (κ2) is 7.22. The number of carbonyl (C=O) groups excluding carboxylic acids is 1. The predicted octanol–water partition coefficient (Wildman–Crippen LogP) is 3.84. The first-order valence-corrected chi connectivity index (χ1v) is 7.27. The monoisotopic (exact) mass is 351 g/mol. The highest BCUT2D eigenvalue weighted by Crippen LogP contribution is 2.21. The van der Waals surface area contributed by atoms with Crippen LogP contribution in [-0.2, 0) is 4.79 Å². The van der Waals surface area contributed by atoms with Gasteiger partial charge in [0.05, 0.1) is 6.04 Å². The summed E-state index contributed by atoms with van der Waals surface area (Å²) in [5, 5.41) is 2.80. The molecule has 2 aromatic rings. The lowest BCUT2D eigenvalue weighted by atomic mass is 10.1. The van der Waals surface area contributed by atoms with Crippen LogP contribution in [0.2, 0.25) is 0 Å². The molecule has 0 aliphatic rings. The number of carbonyl (C=O) groups is 1. The van der Waals surface area contributed by atoms with Crippen molar-refractivity contribution in [3.63, 3.8) is 0 Å². The molecule has 0 bridgehead atoms. The van der Waals surface area contributed by atoms with Gasteiger partial charge in [-0.1, -0.05) is 46.3 Å². The third-order valence-electron chi connectivity index (χ3n) is 2.93. The molecule has 0 aliphatic carbocycles. The summed E-state index contributed by atoms with van der Waals surface area (Å²) in [4.78, 5) is 11.8. The van der Waals surface area contributed by atoms with Gasteiger partial charge in [0.2, 0.25) is 0 Å². The van der Waals surface area contributed by atoms with E-state index in [9.17, 15) is 9.18 Å². The minimum atomic E-state index is -0.506. The van der Waals surface area contributed by atoms with Crippen LogP contribution < -0.4 is 10.1 Å². The van der Waals surface area contributed by atoms with Crippen LogP contribution in [0.1, 0.15) is 18.5 Å². The zero-order valence-corrected chi connectivity index (χ0v) is 13.1. The third-order valence-corrected chi connectivity index (χ3v) is 3.42. The molecule has 2 aromatic carbocycles. The van der Waals surface area contributed by atoms with E-state index in [1.54, 1.807) is 6.07 Å². The normalized spacial score (nSPS) is 11.8. The molecule has 0 radical (unpaired) electrons. The molecule has 0 heterocycles. The molecule has 0 saturated heterocycles. The van der Waals surface area contributed by atoms with E-state index in [2.05, 4.69) is 21.2 Å². The number of hydrogen-bond acceptors (Lipinski definition) is 2. The van der Waals surface area contributed by atoms with E-state index in [0.29, 0.717) is 4.47 Å². The van der Waals surface area contributed by atoms with Crippen LogP contribution in [0.25, 0.3) is 0 Å². The molecule has 1 N–H and O–H groups in total. The number of halogens is 2. The lowest BCUT2D eigenvalue weighted by Gasteiger charge is -2.14. The summed E-state index contributed by atoms with van der Waals surface area (Å²) in [5.74, 6) is -0.748. The zero-order chi connectivity index (χ0) is 15.2. The maximum Gasteiger partial charge on any atom is 0.258 e. The molecule has 1 unspecified atom stereocenters. The second-order valence-corrected chi connectivity index (χ2v) is 5.48. The van der Waals surface area contributed by atoms with E-state index in [1.807, 2.05) is 37.3 Å². The van der Waals surface area contributed by atoms with E-state index >= 15 is 0 Å². The maximum atomic E-state index is 13.5. The zero-order valence-electron chi connectivity index (χ0n) is 11.5. The molecule has 0 fully saturated rings. The molecular formula is C16H15BrFNO2. The van der Waals surface area contributed by atoms with Crippen molar-refractivity contribution < 1.29 is 13.9 Å². The third kappa shape index (κ3) is 4.56. The number of nitrogens with one attached hydrogen (secondary N) is 1. The Hall–Kier alpha value is -1.88. The van der Waals surface area contributed by atoms with E-state index < -0.39 is 5.82 Å². The quantitative estimate of drug-likeness (QED) is 0.888. The van der Waals surface area contributed by atoms with Crippen molar-refractivity contribution in [1.82, 2.24) is 5.32 Å². The molecule has 21 heavy (non-hydrogen) atoms. The first kappa shape index (κ1) is 15.5. The van der Waals surface area contributed by atoms with Crippen molar-refractivity contribution in [2.45, 2.75) is 13.0 Å². The number of amides is 1. The Labute approximate surface area is 131 Å². The van der Waals surface area contributed by atoms with Crippen molar-refractivity contribution in [3.8, 4) is 5.75 Å². The number of rotatable bonds is 5. The average molecular weight is 352 g/mol. The van der Waals surface area contributed by atoms with E-state index in [1.165, 1.54) is 12.1 Å². The molecule has 0 saturated carbocycles. The molecule has 0 spiro atoms. The number of benzene rings is 2. The Morgan fingerprint density at radius 1 is 1.29 bits per heavy atom. The summed E-state index contributed by atoms with van der Waals surface area (Å²) >= 11 is 3.16. The van der Waals surface area contributed by atoms with Gasteiger partial charge >= 0.3 is 0 Å². The summed E-state index contributed by atoms with van der Waals surface area (Å²) in [6.45, 7) is 1.66. The highest BCUT2D eigenvalue weighted by Gasteiger charge is 2.11. The molecule has 3 nitrogen and oxygen atoms in total. The second-order valence-electron chi connectivity index (χ2n) is 4.56. The smallest absolute Gasteiger partial charge is 0.258 e. The molecule has 2 rings (SSSR count). The van der Waals surface area contributed by atoms with Gasteiger partial charge in [-0.3, -0.25) is 4.79 Å². The topological polar surface area (TPSA) is 38.3 Å². The van der Waals surface area contributed by atoms with Gasteiger partial charge in [0.25, 0.3) is 5.91 Å². The van der Waals surface area contributed by atoms with Crippen LogP contribution in [0.3, 0.4) is 0 Å². The standard InChI is InChI=1S/C16H15BrFNO2/c1-11(12-5-3-2-4-6-12)19-16(20)10-21-15-8-7-13(17)9-14(15)18/h2-9,11H,10H2,1H3,(H,19,20). The number of hydrogen-bond donors (Lipinski definition) is 1. The van der Waals surface area contributed by atoms with Gasteiger partial charge in [-0.15, -0.1) is 0 Å². The highest BCUT2D eigenvalue weighted by atomic mass is 79.9. The highest BCUT2D eigenvalue weighted by molar-refractivity contribution is 9.10. The Kier molecular flexibility index (Phi) is 5.33. The maximum absolute atomic E-state index is 13.5. The summed E-state index contributed by atoms with van der Waals surface area (Å²) in [6.07, 6.45) is 0. The first-order valence-electron chi connectivity index (χ1n) is 6.48. The van der Waals surface area contributed by atoms with Gasteiger partial charge in [-0.05, 0) is 30.7 Å². The largest absolute Gasteiger partial charge is 0.481 e. The Balaban J connectivity index is 1.87. The van der Waals surface area contributed by atoms with Gasteiger partial charge in [-0.2, -0.15) is 0 Å². The fraction of sp³-hybridized carbons (Fsp3) is 0.188.